The number of hydrogen-bond donors (Lipinski definition) is 0. The van der Waals surface area contributed by atoms with Crippen LogP contribution < -0.4 is 0 Å². The highest BCUT2D eigenvalue weighted by atomic mass is 32.1. The van der Waals surface area contributed by atoms with Crippen molar-refractivity contribution in [3.63, 3.8) is 0 Å². The van der Waals surface area contributed by atoms with Crippen molar-refractivity contribution in [3.8, 4) is 10.6 Å². The molecule has 2 rings (SSSR count). The molecule has 0 unspecified atom stereocenters. The second-order valence-electron chi connectivity index (χ2n) is 3.15. The molecule has 68 valence electrons. The van der Waals surface area contributed by atoms with E-state index in [9.17, 15) is 0 Å². The molecule has 0 aliphatic heterocycles. The monoisotopic (exact) mass is 193 g/mol. The third kappa shape index (κ3) is 1.62. The fourth-order valence-electron chi connectivity index (χ4n) is 1.07. The Bertz CT molecular complexity index is 375. The predicted molar refractivity (Wildman–Crippen MR) is 53.7 cm³/mol. The van der Waals surface area contributed by atoms with Crippen LogP contribution in [0.3, 0.4) is 0 Å². The Morgan fingerprint density at radius 3 is 2.85 bits per heavy atom. The molecular formula is C9H11N3S. The summed E-state index contributed by atoms with van der Waals surface area (Å²) in [5.41, 5.74) is 0.962. The SMILES string of the molecule is CC(C)n1cc(-c2cccs2)nn1. The van der Waals surface area contributed by atoms with E-state index in [4.69, 9.17) is 0 Å². The normalized spacial score (nSPS) is 11.0. The van der Waals surface area contributed by atoms with Gasteiger partial charge in [-0.3, -0.25) is 0 Å². The molecule has 0 atom stereocenters. The van der Waals surface area contributed by atoms with E-state index in [1.165, 1.54) is 4.88 Å². The first-order chi connectivity index (χ1) is 6.27. The van der Waals surface area contributed by atoms with E-state index in [0.717, 1.165) is 5.69 Å². The molecule has 0 aromatic carbocycles. The Labute approximate surface area is 81.0 Å². The van der Waals surface area contributed by atoms with Gasteiger partial charge in [0.2, 0.25) is 0 Å². The minimum absolute atomic E-state index is 0.376. The van der Waals surface area contributed by atoms with Crippen molar-refractivity contribution in [2.75, 3.05) is 0 Å². The Hall–Kier alpha value is -1.16. The Morgan fingerprint density at radius 1 is 1.46 bits per heavy atom. The molecule has 0 aliphatic rings. The zero-order valence-corrected chi connectivity index (χ0v) is 8.45. The lowest BCUT2D eigenvalue weighted by molar-refractivity contribution is 0.514. The summed E-state index contributed by atoms with van der Waals surface area (Å²) < 4.78 is 1.87. The van der Waals surface area contributed by atoms with Gasteiger partial charge in [0, 0.05) is 6.04 Å². The van der Waals surface area contributed by atoms with Crippen molar-refractivity contribution in [2.45, 2.75) is 19.9 Å². The highest BCUT2D eigenvalue weighted by molar-refractivity contribution is 7.13. The van der Waals surface area contributed by atoms with E-state index in [-0.39, 0.29) is 0 Å². The second-order valence-corrected chi connectivity index (χ2v) is 4.10. The smallest absolute Gasteiger partial charge is 0.122 e. The van der Waals surface area contributed by atoms with Gasteiger partial charge >= 0.3 is 0 Å². The van der Waals surface area contributed by atoms with Gasteiger partial charge in [-0.2, -0.15) is 0 Å². The summed E-state index contributed by atoms with van der Waals surface area (Å²) in [6, 6.07) is 4.45. The Balaban J connectivity index is 2.33. The minimum atomic E-state index is 0.376. The highest BCUT2D eigenvalue weighted by Gasteiger charge is 2.05. The molecule has 0 saturated heterocycles. The maximum absolute atomic E-state index is 4.10. The first kappa shape index (κ1) is 8.44. The van der Waals surface area contributed by atoms with Crippen LogP contribution in [0.15, 0.2) is 23.7 Å². The molecule has 2 heterocycles. The number of rotatable bonds is 2. The van der Waals surface area contributed by atoms with Gasteiger partial charge in [-0.05, 0) is 25.3 Å². The highest BCUT2D eigenvalue weighted by Crippen LogP contribution is 2.22. The average molecular weight is 193 g/mol. The molecule has 0 saturated carbocycles. The van der Waals surface area contributed by atoms with Crippen molar-refractivity contribution in [1.29, 1.82) is 0 Å². The number of aromatic nitrogens is 3. The van der Waals surface area contributed by atoms with Gasteiger partial charge in [0.05, 0.1) is 11.1 Å². The molecule has 0 bridgehead atoms. The summed E-state index contributed by atoms with van der Waals surface area (Å²) in [4.78, 5) is 1.17. The summed E-state index contributed by atoms with van der Waals surface area (Å²) in [5.74, 6) is 0. The van der Waals surface area contributed by atoms with Gasteiger partial charge in [0.1, 0.15) is 5.69 Å². The summed E-state index contributed by atoms with van der Waals surface area (Å²) in [6.45, 7) is 4.18. The van der Waals surface area contributed by atoms with Gasteiger partial charge in [0.15, 0.2) is 0 Å². The Kier molecular flexibility index (Phi) is 2.14. The van der Waals surface area contributed by atoms with Gasteiger partial charge in [-0.15, -0.1) is 16.4 Å². The average Bonchev–Trinajstić information content (AvgIpc) is 2.75. The molecular weight excluding hydrogens is 182 g/mol. The van der Waals surface area contributed by atoms with E-state index in [1.54, 1.807) is 11.3 Å². The largest absolute Gasteiger partial charge is 0.249 e. The third-order valence-electron chi connectivity index (χ3n) is 1.81. The van der Waals surface area contributed by atoms with E-state index < -0.39 is 0 Å². The molecule has 0 aliphatic carbocycles. The van der Waals surface area contributed by atoms with Crippen molar-refractivity contribution in [3.05, 3.63) is 23.7 Å². The second kappa shape index (κ2) is 3.30. The maximum Gasteiger partial charge on any atom is 0.122 e. The molecule has 2 aromatic heterocycles. The number of thiophene rings is 1. The van der Waals surface area contributed by atoms with E-state index in [0.29, 0.717) is 6.04 Å². The van der Waals surface area contributed by atoms with Crippen LogP contribution in [0.2, 0.25) is 0 Å². The number of hydrogen-bond acceptors (Lipinski definition) is 3. The van der Waals surface area contributed by atoms with E-state index >= 15 is 0 Å². The van der Waals surface area contributed by atoms with Crippen molar-refractivity contribution < 1.29 is 0 Å². The van der Waals surface area contributed by atoms with Crippen LogP contribution in [0, 0.1) is 0 Å². The van der Waals surface area contributed by atoms with Gasteiger partial charge in [-0.1, -0.05) is 11.3 Å². The molecule has 2 aromatic rings. The van der Waals surface area contributed by atoms with Crippen molar-refractivity contribution in [1.82, 2.24) is 15.0 Å². The van der Waals surface area contributed by atoms with Gasteiger partial charge in [0.25, 0.3) is 0 Å². The summed E-state index contributed by atoms with van der Waals surface area (Å²) >= 11 is 1.69. The van der Waals surface area contributed by atoms with Gasteiger partial charge in [-0.25, -0.2) is 4.68 Å². The molecule has 0 fully saturated rings. The lowest BCUT2D eigenvalue weighted by Crippen LogP contribution is -2.00. The molecule has 0 spiro atoms. The predicted octanol–water partition coefficient (Wildman–Crippen LogP) is 2.59. The fourth-order valence-corrected chi connectivity index (χ4v) is 1.74. The van der Waals surface area contributed by atoms with E-state index in [1.807, 2.05) is 22.3 Å². The quantitative estimate of drug-likeness (QED) is 0.734. The van der Waals surface area contributed by atoms with Crippen LogP contribution in [0.4, 0.5) is 0 Å². The van der Waals surface area contributed by atoms with Gasteiger partial charge < -0.3 is 0 Å². The van der Waals surface area contributed by atoms with Crippen LogP contribution >= 0.6 is 11.3 Å². The fraction of sp³-hybridized carbons (Fsp3) is 0.333. The summed E-state index contributed by atoms with van der Waals surface area (Å²) in [7, 11) is 0. The molecule has 13 heavy (non-hydrogen) atoms. The minimum Gasteiger partial charge on any atom is -0.249 e. The van der Waals surface area contributed by atoms with Crippen molar-refractivity contribution >= 4 is 11.3 Å². The number of nitrogens with zero attached hydrogens (tertiary/aromatic N) is 3. The summed E-state index contributed by atoms with van der Waals surface area (Å²) in [5, 5.41) is 10.2. The molecule has 4 heteroatoms. The zero-order chi connectivity index (χ0) is 9.26. The maximum atomic E-state index is 4.10. The van der Waals surface area contributed by atoms with E-state index in [2.05, 4.69) is 30.2 Å². The van der Waals surface area contributed by atoms with Crippen LogP contribution in [0.5, 0.6) is 0 Å². The lowest BCUT2D eigenvalue weighted by atomic mass is 10.3. The first-order valence-corrected chi connectivity index (χ1v) is 5.11. The zero-order valence-electron chi connectivity index (χ0n) is 7.64. The lowest BCUT2D eigenvalue weighted by Gasteiger charge is -2.00. The summed E-state index contributed by atoms with van der Waals surface area (Å²) in [6.07, 6.45) is 1.98. The molecule has 3 nitrogen and oxygen atoms in total. The van der Waals surface area contributed by atoms with Crippen LogP contribution in [0.1, 0.15) is 19.9 Å². The Morgan fingerprint density at radius 2 is 2.31 bits per heavy atom. The first-order valence-electron chi connectivity index (χ1n) is 4.23. The van der Waals surface area contributed by atoms with Crippen molar-refractivity contribution in [2.24, 2.45) is 0 Å². The standard InChI is InChI=1S/C9H11N3S/c1-7(2)12-6-8(10-11-12)9-4-3-5-13-9/h3-7H,1-2H3. The van der Waals surface area contributed by atoms with Crippen LogP contribution in [-0.2, 0) is 0 Å². The molecule has 0 N–H and O–H groups in total. The third-order valence-corrected chi connectivity index (χ3v) is 2.71. The van der Waals surface area contributed by atoms with Crippen LogP contribution in [0.25, 0.3) is 10.6 Å². The van der Waals surface area contributed by atoms with Crippen LogP contribution in [-0.4, -0.2) is 15.0 Å². The topological polar surface area (TPSA) is 30.7 Å². The molecule has 0 radical (unpaired) electrons. The molecule has 0 amide bonds.